The molecule has 0 unspecified atom stereocenters. The zero-order valence-corrected chi connectivity index (χ0v) is 19.4. The predicted molar refractivity (Wildman–Crippen MR) is 92.3 cm³/mol. The Balaban J connectivity index is 2.78. The van der Waals surface area contributed by atoms with Crippen LogP contribution in [0.15, 0.2) is 0 Å². The van der Waals surface area contributed by atoms with Gasteiger partial charge in [-0.3, -0.25) is 0 Å². The molecule has 0 saturated heterocycles. The Morgan fingerprint density at radius 3 is 0.514 bits per heavy atom. The maximum absolute atomic E-state index is 14.6. The summed E-state index contributed by atoms with van der Waals surface area (Å²) >= 11 is -5.59. The molecule has 0 amide bonds. The van der Waals surface area contributed by atoms with E-state index in [1.165, 1.54) is 0 Å². The van der Waals surface area contributed by atoms with Crippen molar-refractivity contribution in [2.24, 2.45) is 0 Å². The molecule has 3 aromatic carbocycles. The third kappa shape index (κ3) is 3.69. The van der Waals surface area contributed by atoms with Gasteiger partial charge in [0.2, 0.25) is 0 Å². The van der Waals surface area contributed by atoms with Gasteiger partial charge < -0.3 is 0 Å². The van der Waals surface area contributed by atoms with Gasteiger partial charge in [-0.1, -0.05) is 0 Å². The summed E-state index contributed by atoms with van der Waals surface area (Å²) < 4.78 is 204. The Bertz CT molecular complexity index is 1170. The van der Waals surface area contributed by atoms with Crippen molar-refractivity contribution in [3.05, 3.63) is 87.3 Å². The molecule has 190 valence electrons. The Labute approximate surface area is 192 Å². The average Bonchev–Trinajstić information content (AvgIpc) is 2.81. The van der Waals surface area contributed by atoms with Gasteiger partial charge >= 0.3 is 193 Å². The van der Waals surface area contributed by atoms with Crippen molar-refractivity contribution >= 4 is 39.6 Å². The summed E-state index contributed by atoms with van der Waals surface area (Å²) in [7, 11) is 0. The second kappa shape index (κ2) is 9.07. The van der Waals surface area contributed by atoms with Gasteiger partial charge in [-0.25, -0.2) is 0 Å². The number of halogens is 16. The van der Waals surface area contributed by atoms with E-state index in [9.17, 15) is 65.9 Å². The van der Waals surface area contributed by atoms with Gasteiger partial charge in [0.05, 0.1) is 0 Å². The Kier molecular flexibility index (Phi) is 7.12. The molecule has 0 atom stereocenters. The van der Waals surface area contributed by atoms with Crippen molar-refractivity contribution in [3.63, 3.8) is 0 Å². The summed E-state index contributed by atoms with van der Waals surface area (Å²) in [5, 5.41) is 0. The van der Waals surface area contributed by atoms with Gasteiger partial charge in [0, 0.05) is 0 Å². The van der Waals surface area contributed by atoms with Crippen molar-refractivity contribution in [1.82, 2.24) is 0 Å². The topological polar surface area (TPSA) is 0 Å². The minimum atomic E-state index is -7.57. The maximum atomic E-state index is 14.6. The van der Waals surface area contributed by atoms with E-state index in [1.807, 2.05) is 12.8 Å². The Hall–Kier alpha value is -2.12. The molecule has 0 aliphatic heterocycles. The number of benzene rings is 3. The van der Waals surface area contributed by atoms with Crippen LogP contribution < -0.4 is 10.8 Å². The van der Waals surface area contributed by atoms with Crippen molar-refractivity contribution in [2.45, 2.75) is 0 Å². The first-order chi connectivity index (χ1) is 16.0. The van der Waals surface area contributed by atoms with Crippen LogP contribution in [0.1, 0.15) is 0 Å². The molecule has 3 rings (SSSR count). The fourth-order valence-corrected chi connectivity index (χ4v) is 16.0. The van der Waals surface area contributed by atoms with E-state index in [1.54, 1.807) is 0 Å². The molecule has 0 radical (unpaired) electrons. The van der Waals surface area contributed by atoms with Gasteiger partial charge in [0.25, 0.3) is 0 Å². The van der Waals surface area contributed by atoms with Crippen molar-refractivity contribution < 1.29 is 65.9 Å². The zero-order chi connectivity index (χ0) is 26.9. The number of hydrogen-bond donors (Lipinski definition) is 0. The first-order valence-electron chi connectivity index (χ1n) is 8.10. The molecule has 3 aromatic rings. The van der Waals surface area contributed by atoms with E-state index in [0.29, 0.717) is 0 Å². The normalized spacial score (nSPS) is 12.5. The molecule has 0 aliphatic rings. The molecule has 0 saturated carbocycles. The molecular formula is C18BrF15Te. The molecule has 0 N–H and O–H groups in total. The van der Waals surface area contributed by atoms with Crippen molar-refractivity contribution in [3.8, 4) is 0 Å². The van der Waals surface area contributed by atoms with Crippen LogP contribution in [0.25, 0.3) is 0 Å². The Morgan fingerprint density at radius 2 is 0.371 bits per heavy atom. The van der Waals surface area contributed by atoms with E-state index in [-0.39, 0.29) is 0 Å². The molecule has 35 heavy (non-hydrogen) atoms. The van der Waals surface area contributed by atoms with Crippen LogP contribution in [-0.4, -0.2) is 16.0 Å². The van der Waals surface area contributed by atoms with Crippen LogP contribution in [0.5, 0.6) is 0 Å². The monoisotopic (exact) mass is 710 g/mol. The zero-order valence-electron chi connectivity index (χ0n) is 15.5. The summed E-state index contributed by atoms with van der Waals surface area (Å²) in [6, 6.07) is 0. The fourth-order valence-electron chi connectivity index (χ4n) is 2.80. The standard InChI is InChI=1S/C18BrF15Te/c19-35(16-10(29)4(23)1(20)5(24)11(16)30,17-12(31)6(25)2(21)7(26)13(17)32)18-14(33)8(27)3(22)9(28)15(18)34. The first-order valence-corrected chi connectivity index (χ1v) is 16.8. The molecular weight excluding hydrogens is 709 g/mol. The van der Waals surface area contributed by atoms with Crippen molar-refractivity contribution in [2.75, 3.05) is 0 Å². The van der Waals surface area contributed by atoms with Gasteiger partial charge in [0.1, 0.15) is 0 Å². The second-order valence-electron chi connectivity index (χ2n) is 6.23. The predicted octanol–water partition coefficient (Wildman–Crippen LogP) is 5.13. The van der Waals surface area contributed by atoms with Gasteiger partial charge in [-0.2, -0.15) is 0 Å². The van der Waals surface area contributed by atoms with E-state index in [0.717, 1.165) is 0 Å². The molecule has 17 heteroatoms. The van der Waals surface area contributed by atoms with Gasteiger partial charge in [-0.05, 0) is 0 Å². The molecule has 0 aromatic heterocycles. The third-order valence-corrected chi connectivity index (χ3v) is 18.8. The van der Waals surface area contributed by atoms with Crippen molar-refractivity contribution in [1.29, 1.82) is 0 Å². The summed E-state index contributed by atoms with van der Waals surface area (Å²) in [5.74, 6) is -45.0. The van der Waals surface area contributed by atoms with Crippen LogP contribution in [0.2, 0.25) is 0 Å². The summed E-state index contributed by atoms with van der Waals surface area (Å²) in [6.07, 6.45) is 0. The average molecular weight is 709 g/mol. The fraction of sp³-hybridized carbons (Fsp3) is 0. The van der Waals surface area contributed by atoms with Crippen LogP contribution in [0.3, 0.4) is 0 Å². The molecule has 0 fully saturated rings. The quantitative estimate of drug-likeness (QED) is 0.153. The van der Waals surface area contributed by atoms with Crippen LogP contribution in [0, 0.1) is 87.3 Å². The molecule has 0 nitrogen and oxygen atoms in total. The van der Waals surface area contributed by atoms with Crippen LogP contribution in [0.4, 0.5) is 65.9 Å². The second-order valence-corrected chi connectivity index (χ2v) is 19.3. The number of hydrogen-bond acceptors (Lipinski definition) is 0. The molecule has 0 spiro atoms. The first kappa shape index (κ1) is 27.5. The third-order valence-electron chi connectivity index (χ3n) is 4.35. The van der Waals surface area contributed by atoms with Gasteiger partial charge in [-0.15, -0.1) is 0 Å². The van der Waals surface area contributed by atoms with Crippen LogP contribution >= 0.6 is 12.8 Å². The summed E-state index contributed by atoms with van der Waals surface area (Å²) in [6.45, 7) is 0. The molecule has 0 bridgehead atoms. The minimum absolute atomic E-state index is 1.98. The molecule has 0 heterocycles. The summed E-state index contributed by atoms with van der Waals surface area (Å²) in [5.41, 5.74) is 0. The molecule has 0 aliphatic carbocycles. The van der Waals surface area contributed by atoms with E-state index in [4.69, 9.17) is 0 Å². The Morgan fingerprint density at radius 1 is 0.257 bits per heavy atom. The van der Waals surface area contributed by atoms with Gasteiger partial charge in [0.15, 0.2) is 0 Å². The van der Waals surface area contributed by atoms with E-state index >= 15 is 0 Å². The summed E-state index contributed by atoms with van der Waals surface area (Å²) in [4.78, 5) is 0. The van der Waals surface area contributed by atoms with Crippen LogP contribution in [-0.2, 0) is 0 Å². The number of rotatable bonds is 3. The van der Waals surface area contributed by atoms with E-state index < -0.39 is 114 Å². The van der Waals surface area contributed by atoms with E-state index in [2.05, 4.69) is 0 Å². The SMILES string of the molecule is Fc1c(F)c(F)c([Te](Br)(c2c(F)c(F)c(F)c(F)c2F)c2c(F)c(F)c(F)c(F)c2F)c(F)c1F.